The van der Waals surface area contributed by atoms with E-state index >= 15 is 0 Å². The molecule has 0 bridgehead atoms. The maximum atomic E-state index is 12.9. The van der Waals surface area contributed by atoms with Crippen molar-refractivity contribution < 1.29 is 14.7 Å². The number of aromatic nitrogens is 2. The first kappa shape index (κ1) is 25.8. The fourth-order valence-electron chi connectivity index (χ4n) is 3.88. The van der Waals surface area contributed by atoms with E-state index in [9.17, 15) is 14.7 Å². The molecule has 2 N–H and O–H groups in total. The van der Waals surface area contributed by atoms with Gasteiger partial charge in [-0.05, 0) is 30.0 Å². The number of benzene rings is 2. The normalized spacial score (nSPS) is 11.9. The predicted molar refractivity (Wildman–Crippen MR) is 138 cm³/mol. The summed E-state index contributed by atoms with van der Waals surface area (Å²) in [6.45, 7) is 2.61. The lowest BCUT2D eigenvalue weighted by molar-refractivity contribution is -0.124. The van der Waals surface area contributed by atoms with Gasteiger partial charge in [0.15, 0.2) is 5.15 Å². The molecule has 0 aliphatic heterocycles. The molecule has 1 amide bonds. The topological polar surface area (TPSA) is 84.2 Å². The van der Waals surface area contributed by atoms with Gasteiger partial charge in [0.2, 0.25) is 5.91 Å². The van der Waals surface area contributed by atoms with Crippen LogP contribution in [0.4, 0.5) is 0 Å². The Morgan fingerprint density at radius 1 is 1.15 bits per heavy atom. The molecule has 0 saturated heterocycles. The summed E-state index contributed by atoms with van der Waals surface area (Å²) in [5, 5.41) is 12.9. The van der Waals surface area contributed by atoms with Crippen molar-refractivity contribution in [1.82, 2.24) is 14.9 Å². The van der Waals surface area contributed by atoms with Crippen molar-refractivity contribution in [3.05, 3.63) is 88.0 Å². The van der Waals surface area contributed by atoms with E-state index in [-0.39, 0.29) is 23.9 Å². The molecule has 180 valence electrons. The lowest BCUT2D eigenvalue weighted by Gasteiger charge is -2.17. The molecule has 0 saturated carbocycles. The van der Waals surface area contributed by atoms with Gasteiger partial charge in [-0.15, -0.1) is 0 Å². The first-order chi connectivity index (χ1) is 16.4. The predicted octanol–water partition coefficient (Wildman–Crippen LogP) is 5.03. The number of aryl methyl sites for hydroxylation is 1. The Morgan fingerprint density at radius 2 is 1.85 bits per heavy atom. The quantitative estimate of drug-likeness (QED) is 0.305. The Morgan fingerprint density at radius 3 is 2.53 bits per heavy atom. The molecule has 6 nitrogen and oxygen atoms in total. The van der Waals surface area contributed by atoms with Crippen molar-refractivity contribution in [2.45, 2.75) is 45.7 Å². The standard InChI is InChI=1S/C26H30ClN3O3S/c1-2-3-13-23-29-24(27)22(30(23)16-19-11-7-8-12-21(19)26(32)33)15-28-25(31)20(17-34)14-18-9-5-4-6-10-18/h4-12,20,34H,2-3,13-17H2,1H3,(H,28,31)(H,32,33). The minimum atomic E-state index is -0.982. The van der Waals surface area contributed by atoms with Crippen LogP contribution < -0.4 is 5.32 Å². The smallest absolute Gasteiger partial charge is 0.336 e. The number of unbranched alkanes of at least 4 members (excludes halogenated alkanes) is 1. The summed E-state index contributed by atoms with van der Waals surface area (Å²) < 4.78 is 1.94. The molecule has 3 aromatic rings. The molecule has 34 heavy (non-hydrogen) atoms. The monoisotopic (exact) mass is 499 g/mol. The Labute approximate surface area is 210 Å². The second kappa shape index (κ2) is 12.6. The highest BCUT2D eigenvalue weighted by molar-refractivity contribution is 7.80. The summed E-state index contributed by atoms with van der Waals surface area (Å²) in [5.74, 6) is -0.172. The summed E-state index contributed by atoms with van der Waals surface area (Å²) in [7, 11) is 0. The molecule has 1 heterocycles. The summed E-state index contributed by atoms with van der Waals surface area (Å²) in [6.07, 6.45) is 3.23. The van der Waals surface area contributed by atoms with Gasteiger partial charge in [0, 0.05) is 18.7 Å². The molecule has 1 atom stereocenters. The van der Waals surface area contributed by atoms with Crippen LogP contribution in [0.3, 0.4) is 0 Å². The molecular weight excluding hydrogens is 470 g/mol. The van der Waals surface area contributed by atoms with Gasteiger partial charge in [-0.1, -0.05) is 73.5 Å². The minimum Gasteiger partial charge on any atom is -0.478 e. The Hall–Kier alpha value is -2.77. The van der Waals surface area contributed by atoms with Crippen molar-refractivity contribution in [2.75, 3.05) is 5.75 Å². The molecule has 0 spiro atoms. The van der Waals surface area contributed by atoms with Crippen LogP contribution in [0.15, 0.2) is 54.6 Å². The number of amides is 1. The molecule has 1 aromatic heterocycles. The molecular formula is C26H30ClN3O3S. The number of rotatable bonds is 12. The van der Waals surface area contributed by atoms with Crippen LogP contribution >= 0.6 is 24.2 Å². The Bertz CT molecular complexity index is 1120. The Balaban J connectivity index is 1.82. The van der Waals surface area contributed by atoms with E-state index in [1.807, 2.05) is 41.0 Å². The van der Waals surface area contributed by atoms with Crippen LogP contribution in [0, 0.1) is 5.92 Å². The summed E-state index contributed by atoms with van der Waals surface area (Å²) >= 11 is 10.9. The van der Waals surface area contributed by atoms with Crippen LogP contribution in [0.5, 0.6) is 0 Å². The zero-order valence-corrected chi connectivity index (χ0v) is 20.9. The number of carboxylic acids is 1. The molecule has 3 rings (SSSR count). The third-order valence-corrected chi connectivity index (χ3v) is 6.52. The number of halogens is 1. The van der Waals surface area contributed by atoms with Gasteiger partial charge >= 0.3 is 5.97 Å². The number of thiol groups is 1. The third kappa shape index (κ3) is 6.64. The van der Waals surface area contributed by atoms with Gasteiger partial charge in [-0.3, -0.25) is 4.79 Å². The maximum absolute atomic E-state index is 12.9. The molecule has 0 aliphatic rings. The summed E-state index contributed by atoms with van der Waals surface area (Å²) in [5.41, 5.74) is 2.64. The number of nitrogens with zero attached hydrogens (tertiary/aromatic N) is 2. The highest BCUT2D eigenvalue weighted by Gasteiger charge is 2.21. The fraction of sp³-hybridized carbons (Fsp3) is 0.346. The van der Waals surface area contributed by atoms with Crippen LogP contribution in [-0.2, 0) is 30.7 Å². The van der Waals surface area contributed by atoms with Gasteiger partial charge in [0.05, 0.1) is 23.7 Å². The average molecular weight is 500 g/mol. The lowest BCUT2D eigenvalue weighted by Crippen LogP contribution is -2.33. The molecule has 0 fully saturated rings. The third-order valence-electron chi connectivity index (χ3n) is 5.78. The summed E-state index contributed by atoms with van der Waals surface area (Å²) in [4.78, 5) is 29.2. The molecule has 0 radical (unpaired) electrons. The van der Waals surface area contributed by atoms with E-state index in [1.54, 1.807) is 18.2 Å². The van der Waals surface area contributed by atoms with Crippen LogP contribution in [0.25, 0.3) is 0 Å². The van der Waals surface area contributed by atoms with Gasteiger partial charge in [-0.25, -0.2) is 9.78 Å². The van der Waals surface area contributed by atoms with Crippen molar-refractivity contribution >= 4 is 36.1 Å². The SMILES string of the molecule is CCCCc1nc(Cl)c(CNC(=O)C(CS)Cc2ccccc2)n1Cc1ccccc1C(=O)O. The highest BCUT2D eigenvalue weighted by Crippen LogP contribution is 2.22. The highest BCUT2D eigenvalue weighted by atomic mass is 35.5. The number of nitrogens with one attached hydrogen (secondary N) is 1. The van der Waals surface area contributed by atoms with E-state index < -0.39 is 5.97 Å². The van der Waals surface area contributed by atoms with Crippen LogP contribution in [0.2, 0.25) is 5.15 Å². The largest absolute Gasteiger partial charge is 0.478 e. The minimum absolute atomic E-state index is 0.108. The number of imidazole rings is 1. The number of carbonyl (C=O) groups is 2. The molecule has 8 heteroatoms. The van der Waals surface area contributed by atoms with Crippen molar-refractivity contribution in [3.8, 4) is 0 Å². The van der Waals surface area contributed by atoms with Crippen molar-refractivity contribution in [3.63, 3.8) is 0 Å². The summed E-state index contributed by atoms with van der Waals surface area (Å²) in [6, 6.07) is 16.7. The van der Waals surface area contributed by atoms with E-state index in [4.69, 9.17) is 11.6 Å². The Kier molecular flexibility index (Phi) is 9.60. The second-order valence-corrected chi connectivity index (χ2v) is 8.93. The van der Waals surface area contributed by atoms with Crippen molar-refractivity contribution in [2.24, 2.45) is 5.92 Å². The molecule has 1 unspecified atom stereocenters. The molecule has 0 aliphatic carbocycles. The van der Waals surface area contributed by atoms with Gasteiger partial charge in [0.1, 0.15) is 5.82 Å². The van der Waals surface area contributed by atoms with Crippen LogP contribution in [-0.4, -0.2) is 32.3 Å². The number of carbonyl (C=O) groups excluding carboxylic acids is 1. The van der Waals surface area contributed by atoms with E-state index in [0.717, 1.165) is 24.2 Å². The zero-order valence-electron chi connectivity index (χ0n) is 19.2. The maximum Gasteiger partial charge on any atom is 0.336 e. The number of hydrogen-bond acceptors (Lipinski definition) is 4. The first-order valence-corrected chi connectivity index (χ1v) is 12.4. The van der Waals surface area contributed by atoms with E-state index in [2.05, 4.69) is 29.9 Å². The second-order valence-electron chi connectivity index (χ2n) is 8.20. The van der Waals surface area contributed by atoms with Gasteiger partial charge in [0.25, 0.3) is 0 Å². The fourth-order valence-corrected chi connectivity index (χ4v) is 4.44. The van der Waals surface area contributed by atoms with Crippen molar-refractivity contribution in [1.29, 1.82) is 0 Å². The zero-order chi connectivity index (χ0) is 24.5. The molecule has 2 aromatic carbocycles. The van der Waals surface area contributed by atoms with Gasteiger partial charge in [-0.2, -0.15) is 12.6 Å². The van der Waals surface area contributed by atoms with Crippen LogP contribution in [0.1, 0.15) is 52.8 Å². The van der Waals surface area contributed by atoms with E-state index in [0.29, 0.717) is 41.5 Å². The lowest BCUT2D eigenvalue weighted by atomic mass is 10.0. The van der Waals surface area contributed by atoms with E-state index in [1.165, 1.54) is 0 Å². The number of carboxylic acid groups (broad SMARTS) is 1. The first-order valence-electron chi connectivity index (χ1n) is 11.4. The number of aromatic carboxylic acids is 1. The number of hydrogen-bond donors (Lipinski definition) is 3. The average Bonchev–Trinajstić information content (AvgIpc) is 3.14. The van der Waals surface area contributed by atoms with Gasteiger partial charge < -0.3 is 15.0 Å².